The number of anilines is 1. The molecule has 7 heteroatoms. The molecule has 6 nitrogen and oxygen atoms in total. The SMILES string of the molecule is COc1ccc(NC(=O)N(CCCN2CCCCC2C)Cc2ccc(Cl)cc2)c(OC)c1. The molecule has 1 fully saturated rings. The lowest BCUT2D eigenvalue weighted by Gasteiger charge is -2.34. The molecule has 1 aliphatic rings. The molecule has 0 saturated carbocycles. The summed E-state index contributed by atoms with van der Waals surface area (Å²) in [4.78, 5) is 17.6. The monoisotopic (exact) mass is 459 g/mol. The maximum Gasteiger partial charge on any atom is 0.322 e. The number of hydrogen-bond acceptors (Lipinski definition) is 4. The van der Waals surface area contributed by atoms with Crippen molar-refractivity contribution in [3.05, 3.63) is 53.1 Å². The average molecular weight is 460 g/mol. The minimum Gasteiger partial charge on any atom is -0.497 e. The topological polar surface area (TPSA) is 54.0 Å². The average Bonchev–Trinajstić information content (AvgIpc) is 2.81. The number of methoxy groups -OCH3 is 2. The maximum absolute atomic E-state index is 13.2. The van der Waals surface area contributed by atoms with Gasteiger partial charge in [-0.3, -0.25) is 0 Å². The van der Waals surface area contributed by atoms with Crippen LogP contribution in [0.25, 0.3) is 0 Å². The summed E-state index contributed by atoms with van der Waals surface area (Å²) in [6, 6.07) is 13.5. The first-order chi connectivity index (χ1) is 15.5. The molecule has 2 aromatic carbocycles. The number of carbonyl (C=O) groups excluding carboxylic acids is 1. The maximum atomic E-state index is 13.2. The summed E-state index contributed by atoms with van der Waals surface area (Å²) in [6.45, 7) is 5.62. The third-order valence-corrected chi connectivity index (χ3v) is 6.29. The van der Waals surface area contributed by atoms with Crippen LogP contribution in [-0.4, -0.2) is 55.7 Å². The molecule has 3 rings (SSSR count). The molecule has 1 heterocycles. The number of urea groups is 1. The molecule has 0 bridgehead atoms. The molecule has 1 saturated heterocycles. The predicted octanol–water partition coefficient (Wildman–Crippen LogP) is 5.66. The van der Waals surface area contributed by atoms with Gasteiger partial charge in [0.25, 0.3) is 0 Å². The van der Waals surface area contributed by atoms with Crippen LogP contribution in [0.15, 0.2) is 42.5 Å². The normalized spacial score (nSPS) is 16.4. The summed E-state index contributed by atoms with van der Waals surface area (Å²) >= 11 is 6.04. The third kappa shape index (κ3) is 6.78. The lowest BCUT2D eigenvalue weighted by atomic mass is 10.0. The molecule has 1 N–H and O–H groups in total. The number of carbonyl (C=O) groups is 1. The van der Waals surface area contributed by atoms with E-state index in [9.17, 15) is 4.79 Å². The molecule has 0 aromatic heterocycles. The van der Waals surface area contributed by atoms with Crippen LogP contribution < -0.4 is 14.8 Å². The number of likely N-dealkylation sites (tertiary alicyclic amines) is 1. The Bertz CT molecular complexity index is 875. The summed E-state index contributed by atoms with van der Waals surface area (Å²) in [5.41, 5.74) is 1.65. The van der Waals surface area contributed by atoms with Gasteiger partial charge in [0.05, 0.1) is 19.9 Å². The second-order valence-electron chi connectivity index (χ2n) is 8.28. The van der Waals surface area contributed by atoms with Gasteiger partial charge < -0.3 is 24.6 Å². The van der Waals surface area contributed by atoms with Crippen molar-refractivity contribution in [3.8, 4) is 11.5 Å². The number of nitrogens with zero attached hydrogens (tertiary/aromatic N) is 2. The largest absolute Gasteiger partial charge is 0.497 e. The van der Waals surface area contributed by atoms with Gasteiger partial charge in [-0.15, -0.1) is 0 Å². The third-order valence-electron chi connectivity index (χ3n) is 6.04. The fourth-order valence-electron chi connectivity index (χ4n) is 4.11. The van der Waals surface area contributed by atoms with Crippen LogP contribution >= 0.6 is 11.6 Å². The van der Waals surface area contributed by atoms with Crippen molar-refractivity contribution in [2.45, 2.75) is 45.2 Å². The number of rotatable bonds is 9. The number of halogens is 1. The quantitative estimate of drug-likeness (QED) is 0.526. The van der Waals surface area contributed by atoms with Gasteiger partial charge in [0, 0.05) is 36.8 Å². The zero-order valence-corrected chi connectivity index (χ0v) is 20.0. The van der Waals surface area contributed by atoms with Crippen molar-refractivity contribution in [1.82, 2.24) is 9.80 Å². The molecular weight excluding hydrogens is 426 g/mol. The van der Waals surface area contributed by atoms with Crippen LogP contribution in [0, 0.1) is 0 Å². The smallest absolute Gasteiger partial charge is 0.322 e. The molecule has 0 radical (unpaired) electrons. The molecule has 2 aromatic rings. The van der Waals surface area contributed by atoms with Gasteiger partial charge in [0.2, 0.25) is 0 Å². The number of nitrogens with one attached hydrogen (secondary N) is 1. The lowest BCUT2D eigenvalue weighted by Crippen LogP contribution is -2.40. The second kappa shape index (κ2) is 12.0. The van der Waals surface area contributed by atoms with Crippen LogP contribution in [0.5, 0.6) is 11.5 Å². The second-order valence-corrected chi connectivity index (χ2v) is 8.72. The fraction of sp³-hybridized carbons (Fsp3) is 0.480. The predicted molar refractivity (Wildman–Crippen MR) is 130 cm³/mol. The van der Waals surface area contributed by atoms with Crippen LogP contribution in [0.4, 0.5) is 10.5 Å². The molecule has 1 atom stereocenters. The Hall–Kier alpha value is -2.44. The molecule has 0 aliphatic carbocycles. The van der Waals surface area contributed by atoms with Crippen LogP contribution in [0.2, 0.25) is 5.02 Å². The first-order valence-electron chi connectivity index (χ1n) is 11.3. The highest BCUT2D eigenvalue weighted by Crippen LogP contribution is 2.29. The van der Waals surface area contributed by atoms with E-state index in [1.165, 1.54) is 19.3 Å². The molecular formula is C25H34ClN3O3. The number of ether oxygens (including phenoxy) is 2. The molecule has 2 amide bonds. The van der Waals surface area contributed by atoms with Gasteiger partial charge in [-0.25, -0.2) is 4.79 Å². The van der Waals surface area contributed by atoms with Gasteiger partial charge in [-0.1, -0.05) is 30.2 Å². The van der Waals surface area contributed by atoms with E-state index in [0.717, 1.165) is 25.1 Å². The molecule has 32 heavy (non-hydrogen) atoms. The molecule has 1 aliphatic heterocycles. The Labute approximate surface area is 196 Å². The minimum absolute atomic E-state index is 0.157. The van der Waals surface area contributed by atoms with Crippen LogP contribution in [0.1, 0.15) is 38.2 Å². The van der Waals surface area contributed by atoms with Crippen molar-refractivity contribution in [1.29, 1.82) is 0 Å². The van der Waals surface area contributed by atoms with E-state index in [1.54, 1.807) is 32.4 Å². The van der Waals surface area contributed by atoms with E-state index in [0.29, 0.717) is 41.3 Å². The van der Waals surface area contributed by atoms with Crippen molar-refractivity contribution >= 4 is 23.3 Å². The Morgan fingerprint density at radius 2 is 1.94 bits per heavy atom. The van der Waals surface area contributed by atoms with Crippen LogP contribution in [0.3, 0.4) is 0 Å². The summed E-state index contributed by atoms with van der Waals surface area (Å²) in [7, 11) is 3.18. The Morgan fingerprint density at radius 3 is 2.62 bits per heavy atom. The van der Waals surface area contributed by atoms with Crippen molar-refractivity contribution < 1.29 is 14.3 Å². The van der Waals surface area contributed by atoms with Gasteiger partial charge in [-0.2, -0.15) is 0 Å². The number of benzene rings is 2. The summed E-state index contributed by atoms with van der Waals surface area (Å²) < 4.78 is 10.7. The zero-order chi connectivity index (χ0) is 22.9. The standard InChI is InChI=1S/C25H34ClN3O3/c1-19-7-4-5-14-28(19)15-6-16-29(18-20-8-10-21(26)11-9-20)25(30)27-23-13-12-22(31-2)17-24(23)32-3/h8-13,17,19H,4-7,14-16,18H2,1-3H3,(H,27,30). The number of amides is 2. The fourth-order valence-corrected chi connectivity index (χ4v) is 4.24. The summed E-state index contributed by atoms with van der Waals surface area (Å²) in [5, 5.41) is 3.70. The number of hydrogen-bond donors (Lipinski definition) is 1. The van der Waals surface area contributed by atoms with E-state index >= 15 is 0 Å². The Kier molecular flexibility index (Phi) is 9.06. The van der Waals surface area contributed by atoms with Gasteiger partial charge in [0.1, 0.15) is 11.5 Å². The van der Waals surface area contributed by atoms with Gasteiger partial charge in [0.15, 0.2) is 0 Å². The first-order valence-corrected chi connectivity index (χ1v) is 11.6. The summed E-state index contributed by atoms with van der Waals surface area (Å²) in [6.07, 6.45) is 4.75. The lowest BCUT2D eigenvalue weighted by molar-refractivity contribution is 0.150. The Balaban J connectivity index is 1.68. The van der Waals surface area contributed by atoms with E-state index in [2.05, 4.69) is 17.1 Å². The minimum atomic E-state index is -0.157. The molecule has 174 valence electrons. The highest BCUT2D eigenvalue weighted by atomic mass is 35.5. The van der Waals surface area contributed by atoms with Gasteiger partial charge >= 0.3 is 6.03 Å². The highest BCUT2D eigenvalue weighted by Gasteiger charge is 2.20. The number of piperidine rings is 1. The summed E-state index contributed by atoms with van der Waals surface area (Å²) in [5.74, 6) is 1.24. The van der Waals surface area contributed by atoms with E-state index in [-0.39, 0.29) is 6.03 Å². The first kappa shape index (κ1) is 24.2. The van der Waals surface area contributed by atoms with E-state index in [1.807, 2.05) is 29.2 Å². The van der Waals surface area contributed by atoms with Crippen molar-refractivity contribution in [3.63, 3.8) is 0 Å². The zero-order valence-electron chi connectivity index (χ0n) is 19.3. The van der Waals surface area contributed by atoms with E-state index in [4.69, 9.17) is 21.1 Å². The van der Waals surface area contributed by atoms with Crippen molar-refractivity contribution in [2.75, 3.05) is 39.2 Å². The Morgan fingerprint density at radius 1 is 1.16 bits per heavy atom. The highest BCUT2D eigenvalue weighted by molar-refractivity contribution is 6.30. The molecule has 0 spiro atoms. The van der Waals surface area contributed by atoms with Crippen molar-refractivity contribution in [2.24, 2.45) is 0 Å². The van der Waals surface area contributed by atoms with E-state index < -0.39 is 0 Å². The van der Waals surface area contributed by atoms with Gasteiger partial charge in [-0.05, 0) is 62.6 Å². The molecule has 1 unspecified atom stereocenters. The van der Waals surface area contributed by atoms with Crippen LogP contribution in [-0.2, 0) is 6.54 Å².